The molecule has 0 unspecified atom stereocenters. The zero-order valence-electron chi connectivity index (χ0n) is 21.1. The van der Waals surface area contributed by atoms with Crippen LogP contribution in [0.3, 0.4) is 0 Å². The molecule has 0 atom stereocenters. The molecule has 1 aromatic carbocycles. The number of hydrogen-bond acceptors (Lipinski definition) is 7. The minimum Gasteiger partial charge on any atom is -0.401 e. The topological polar surface area (TPSA) is 112 Å². The van der Waals surface area contributed by atoms with E-state index in [1.54, 1.807) is 19.3 Å². The van der Waals surface area contributed by atoms with Crippen molar-refractivity contribution in [1.29, 1.82) is 0 Å². The van der Waals surface area contributed by atoms with Gasteiger partial charge in [-0.2, -0.15) is 0 Å². The van der Waals surface area contributed by atoms with E-state index in [1.807, 2.05) is 49.4 Å². The molecule has 4 aromatic rings. The van der Waals surface area contributed by atoms with Gasteiger partial charge in [-0.05, 0) is 43.9 Å². The molecule has 5 rings (SSSR count). The molecule has 0 amide bonds. The lowest BCUT2D eigenvalue weighted by Gasteiger charge is -2.23. The van der Waals surface area contributed by atoms with Crippen LogP contribution in [0.15, 0.2) is 66.5 Å². The Morgan fingerprint density at radius 3 is 2.31 bits per heavy atom. The Morgan fingerprint density at radius 2 is 1.75 bits per heavy atom. The fourth-order valence-corrected chi connectivity index (χ4v) is 4.61. The average molecular weight is 487 g/mol. The zero-order chi connectivity index (χ0) is 25.7. The summed E-state index contributed by atoms with van der Waals surface area (Å²) in [5.41, 5.74) is 11.3. The number of carbonyl (C=O) groups excluding carboxylic acids is 1. The van der Waals surface area contributed by atoms with Crippen molar-refractivity contribution < 1.29 is 9.53 Å². The van der Waals surface area contributed by atoms with Gasteiger partial charge in [0, 0.05) is 56.6 Å². The summed E-state index contributed by atoms with van der Waals surface area (Å²) in [6.45, 7) is 5.70. The van der Waals surface area contributed by atoms with Crippen molar-refractivity contribution in [3.63, 3.8) is 0 Å². The van der Waals surface area contributed by atoms with Gasteiger partial charge in [-0.25, -0.2) is 10.8 Å². The summed E-state index contributed by atoms with van der Waals surface area (Å²) in [6, 6.07) is 17.8. The van der Waals surface area contributed by atoms with Gasteiger partial charge < -0.3 is 20.0 Å². The standard InChI is InChI=1S/C22H28N6O2.C6H6/c1-13(23)21(27(3)24)16-10-19-20(25-11-16)17-4-5-18(14(2)29)26-22(17)28(19)12-15-6-8-30-9-7-15;1-2-4-6-5-3-1/h4-5,10-11,15H,6-9,12,23-24H2,1-3H3;1-6H/b21-13-;. The monoisotopic (exact) mass is 486 g/mol. The van der Waals surface area contributed by atoms with Gasteiger partial charge in [0.1, 0.15) is 11.3 Å². The molecule has 1 fully saturated rings. The maximum atomic E-state index is 12.0. The van der Waals surface area contributed by atoms with E-state index >= 15 is 0 Å². The van der Waals surface area contributed by atoms with Crippen molar-refractivity contribution in [1.82, 2.24) is 19.5 Å². The first-order chi connectivity index (χ1) is 17.4. The van der Waals surface area contributed by atoms with Gasteiger partial charge in [0.25, 0.3) is 0 Å². The van der Waals surface area contributed by atoms with Crippen LogP contribution in [0, 0.1) is 5.92 Å². The molecule has 4 heterocycles. The van der Waals surface area contributed by atoms with Gasteiger partial charge in [0.2, 0.25) is 0 Å². The second-order valence-electron chi connectivity index (χ2n) is 9.18. The number of ether oxygens (including phenoxy) is 1. The maximum absolute atomic E-state index is 12.0. The predicted octanol–water partition coefficient (Wildman–Crippen LogP) is 4.35. The van der Waals surface area contributed by atoms with Gasteiger partial charge in [-0.1, -0.05) is 36.4 Å². The van der Waals surface area contributed by atoms with Gasteiger partial charge in [0.15, 0.2) is 5.78 Å². The number of carbonyl (C=O) groups is 1. The molecule has 0 radical (unpaired) electrons. The number of hydrogen-bond donors (Lipinski definition) is 2. The quantitative estimate of drug-likeness (QED) is 0.245. The number of benzene rings is 1. The number of nitrogens with two attached hydrogens (primary N) is 2. The van der Waals surface area contributed by atoms with Crippen LogP contribution in [0.2, 0.25) is 0 Å². The van der Waals surface area contributed by atoms with Crippen molar-refractivity contribution in [2.24, 2.45) is 17.5 Å². The Labute approximate surface area is 211 Å². The third-order valence-electron chi connectivity index (χ3n) is 6.35. The highest BCUT2D eigenvalue weighted by Crippen LogP contribution is 2.31. The van der Waals surface area contributed by atoms with E-state index in [4.69, 9.17) is 26.3 Å². The largest absolute Gasteiger partial charge is 0.401 e. The summed E-state index contributed by atoms with van der Waals surface area (Å²) in [5, 5.41) is 2.44. The van der Waals surface area contributed by atoms with Crippen molar-refractivity contribution in [3.8, 4) is 0 Å². The molecule has 0 spiro atoms. The van der Waals surface area contributed by atoms with E-state index in [1.165, 1.54) is 11.9 Å². The average Bonchev–Trinajstić information content (AvgIpc) is 3.18. The lowest BCUT2D eigenvalue weighted by Crippen LogP contribution is -2.26. The number of nitrogens with zero attached hydrogens (tertiary/aromatic N) is 4. The second kappa shape index (κ2) is 11.3. The number of pyridine rings is 2. The smallest absolute Gasteiger partial charge is 0.178 e. The van der Waals surface area contributed by atoms with Crippen molar-refractivity contribution in [2.45, 2.75) is 33.2 Å². The van der Waals surface area contributed by atoms with Crippen LogP contribution in [0.4, 0.5) is 0 Å². The van der Waals surface area contributed by atoms with Crippen LogP contribution in [-0.2, 0) is 11.3 Å². The Kier molecular flexibility index (Phi) is 7.97. The molecule has 36 heavy (non-hydrogen) atoms. The van der Waals surface area contributed by atoms with Crippen LogP contribution in [0.5, 0.6) is 0 Å². The molecule has 1 aliphatic rings. The number of ketones is 1. The highest BCUT2D eigenvalue weighted by molar-refractivity contribution is 6.06. The Hall–Kier alpha value is -3.75. The van der Waals surface area contributed by atoms with E-state index in [-0.39, 0.29) is 5.78 Å². The van der Waals surface area contributed by atoms with Crippen molar-refractivity contribution >= 4 is 33.5 Å². The normalized spacial score (nSPS) is 14.8. The molecule has 0 saturated carbocycles. The number of aromatic nitrogens is 3. The van der Waals surface area contributed by atoms with Gasteiger partial charge >= 0.3 is 0 Å². The molecule has 0 aliphatic carbocycles. The highest BCUT2D eigenvalue weighted by atomic mass is 16.5. The van der Waals surface area contributed by atoms with Crippen LogP contribution < -0.4 is 11.6 Å². The minimum absolute atomic E-state index is 0.0536. The fraction of sp³-hybridized carbons (Fsp3) is 0.321. The molecule has 1 saturated heterocycles. The maximum Gasteiger partial charge on any atom is 0.178 e. The summed E-state index contributed by atoms with van der Waals surface area (Å²) >= 11 is 0. The summed E-state index contributed by atoms with van der Waals surface area (Å²) in [4.78, 5) is 21.4. The molecule has 4 N–H and O–H groups in total. The van der Waals surface area contributed by atoms with Crippen molar-refractivity contribution in [2.75, 3.05) is 20.3 Å². The Morgan fingerprint density at radius 1 is 1.11 bits per heavy atom. The Bertz CT molecular complexity index is 1340. The van der Waals surface area contributed by atoms with Crippen LogP contribution >= 0.6 is 0 Å². The molecule has 8 heteroatoms. The van der Waals surface area contributed by atoms with E-state index in [9.17, 15) is 4.79 Å². The summed E-state index contributed by atoms with van der Waals surface area (Å²) in [6.07, 6.45) is 3.78. The Balaban J connectivity index is 0.000000445. The van der Waals surface area contributed by atoms with Crippen LogP contribution in [-0.4, -0.2) is 45.6 Å². The summed E-state index contributed by atoms with van der Waals surface area (Å²) in [7, 11) is 1.76. The van der Waals surface area contributed by atoms with E-state index < -0.39 is 0 Å². The number of rotatable bonds is 5. The molecule has 188 valence electrons. The predicted molar refractivity (Wildman–Crippen MR) is 144 cm³/mol. The van der Waals surface area contributed by atoms with Crippen LogP contribution in [0.1, 0.15) is 42.7 Å². The number of fused-ring (bicyclic) bond motifs is 3. The van der Waals surface area contributed by atoms with Gasteiger partial charge in [-0.3, -0.25) is 9.78 Å². The molecular weight excluding hydrogens is 452 g/mol. The number of hydrazine groups is 1. The first-order valence-electron chi connectivity index (χ1n) is 12.2. The van der Waals surface area contributed by atoms with Crippen molar-refractivity contribution in [3.05, 3.63) is 77.7 Å². The lowest BCUT2D eigenvalue weighted by atomic mass is 10.0. The third-order valence-corrected chi connectivity index (χ3v) is 6.35. The second-order valence-corrected chi connectivity index (χ2v) is 9.18. The van der Waals surface area contributed by atoms with Gasteiger partial charge in [0.05, 0.1) is 16.7 Å². The molecular formula is C28H34N6O2. The number of allylic oxidation sites excluding steroid dienone is 1. The molecule has 3 aromatic heterocycles. The van der Waals surface area contributed by atoms with Gasteiger partial charge in [-0.15, -0.1) is 0 Å². The highest BCUT2D eigenvalue weighted by Gasteiger charge is 2.21. The fourth-order valence-electron chi connectivity index (χ4n) is 4.61. The number of Topliss-reactive ketones (excluding diaryl/α,β-unsaturated/α-hetero) is 1. The first kappa shape index (κ1) is 25.3. The summed E-state index contributed by atoms with van der Waals surface area (Å²) < 4.78 is 7.71. The lowest BCUT2D eigenvalue weighted by molar-refractivity contribution is 0.0619. The SMILES string of the molecule is CC(=O)c1ccc2c3ncc(/C(=C(\C)N)N(C)N)cc3n(CC3CCOCC3)c2n1.c1ccccc1. The third kappa shape index (κ3) is 5.56. The minimum atomic E-state index is -0.0536. The molecule has 0 bridgehead atoms. The van der Waals surface area contributed by atoms with E-state index in [2.05, 4.69) is 10.6 Å². The first-order valence-corrected chi connectivity index (χ1v) is 12.2. The zero-order valence-corrected chi connectivity index (χ0v) is 21.1. The van der Waals surface area contributed by atoms with E-state index in [0.29, 0.717) is 17.3 Å². The van der Waals surface area contributed by atoms with E-state index in [0.717, 1.165) is 65.9 Å². The summed E-state index contributed by atoms with van der Waals surface area (Å²) in [5.74, 6) is 6.45. The molecule has 8 nitrogen and oxygen atoms in total. The van der Waals surface area contributed by atoms with Crippen LogP contribution in [0.25, 0.3) is 27.8 Å². The molecule has 1 aliphatic heterocycles.